The van der Waals surface area contributed by atoms with Crippen molar-refractivity contribution in [1.29, 1.82) is 0 Å². The van der Waals surface area contributed by atoms with Crippen molar-refractivity contribution in [2.45, 2.75) is 52.0 Å². The van der Waals surface area contributed by atoms with Gasteiger partial charge in [-0.05, 0) is 18.9 Å². The highest BCUT2D eigenvalue weighted by molar-refractivity contribution is 5.99. The number of nitrogens with zero attached hydrogens (tertiary/aromatic N) is 1. The number of primary amides is 1. The molecule has 0 fully saturated rings. The van der Waals surface area contributed by atoms with Gasteiger partial charge in [0.2, 0.25) is 0 Å². The predicted molar refractivity (Wildman–Crippen MR) is 79.0 cm³/mol. The maximum Gasteiger partial charge on any atom is 0.250 e. The second-order valence-electron chi connectivity index (χ2n) is 4.79. The lowest BCUT2D eigenvalue weighted by Gasteiger charge is -2.20. The zero-order valence-corrected chi connectivity index (χ0v) is 11.8. The molecule has 0 aliphatic carbocycles. The monoisotopic (exact) mass is 264 g/mol. The Bertz CT molecular complexity index is 420. The number of hydrogen-bond acceptors (Lipinski definition) is 4. The fraction of sp³-hybridized carbons (Fsp3) is 0.571. The zero-order chi connectivity index (χ0) is 14.3. The van der Waals surface area contributed by atoms with E-state index in [9.17, 15) is 4.79 Å². The standard InChI is InChI=1S/C14H24N4O/c1-3-5-7-10(6-4-2)18-12-9-17-13(15)8-11(12)14(16)19/h8-10,18H,3-7H2,1-2H3,(H2,15,17)(H2,16,19). The number of hydrogen-bond donors (Lipinski definition) is 3. The Morgan fingerprint density at radius 1 is 1.37 bits per heavy atom. The third-order valence-electron chi connectivity index (χ3n) is 3.09. The van der Waals surface area contributed by atoms with Gasteiger partial charge in [0.15, 0.2) is 0 Å². The van der Waals surface area contributed by atoms with E-state index >= 15 is 0 Å². The van der Waals surface area contributed by atoms with E-state index in [0.29, 0.717) is 23.1 Å². The number of nitrogen functional groups attached to an aromatic ring is 1. The summed E-state index contributed by atoms with van der Waals surface area (Å²) >= 11 is 0. The fourth-order valence-corrected chi connectivity index (χ4v) is 2.10. The third kappa shape index (κ3) is 4.77. The van der Waals surface area contributed by atoms with Crippen LogP contribution in [-0.2, 0) is 0 Å². The number of carbonyl (C=O) groups is 1. The van der Waals surface area contributed by atoms with Crippen LogP contribution in [0, 0.1) is 0 Å². The maximum atomic E-state index is 11.4. The first kappa shape index (κ1) is 15.3. The van der Waals surface area contributed by atoms with Gasteiger partial charge in [-0.1, -0.05) is 33.1 Å². The Morgan fingerprint density at radius 3 is 2.68 bits per heavy atom. The molecule has 0 aliphatic heterocycles. The maximum absolute atomic E-state index is 11.4. The third-order valence-corrected chi connectivity index (χ3v) is 3.09. The molecule has 5 N–H and O–H groups in total. The molecule has 5 nitrogen and oxygen atoms in total. The topological polar surface area (TPSA) is 94.0 Å². The summed E-state index contributed by atoms with van der Waals surface area (Å²) in [5.41, 5.74) is 12.0. The van der Waals surface area contributed by atoms with Gasteiger partial charge in [-0.15, -0.1) is 0 Å². The van der Waals surface area contributed by atoms with Crippen LogP contribution in [0.25, 0.3) is 0 Å². The average molecular weight is 264 g/mol. The summed E-state index contributed by atoms with van der Waals surface area (Å²) in [6.07, 6.45) is 7.13. The van der Waals surface area contributed by atoms with Crippen LogP contribution in [0.3, 0.4) is 0 Å². The first-order chi connectivity index (χ1) is 9.08. The number of amides is 1. The number of nitrogens with one attached hydrogen (secondary N) is 1. The van der Waals surface area contributed by atoms with Crippen molar-refractivity contribution in [3.8, 4) is 0 Å². The Morgan fingerprint density at radius 2 is 2.11 bits per heavy atom. The molecule has 0 bridgehead atoms. The van der Waals surface area contributed by atoms with E-state index in [1.54, 1.807) is 6.20 Å². The summed E-state index contributed by atoms with van der Waals surface area (Å²) in [6.45, 7) is 4.32. The molecule has 106 valence electrons. The fourth-order valence-electron chi connectivity index (χ4n) is 2.10. The van der Waals surface area contributed by atoms with Crippen LogP contribution in [0.4, 0.5) is 11.5 Å². The first-order valence-electron chi connectivity index (χ1n) is 6.90. The molecule has 0 aromatic carbocycles. The molecule has 1 atom stereocenters. The van der Waals surface area contributed by atoms with Crippen molar-refractivity contribution in [2.75, 3.05) is 11.1 Å². The molecular weight excluding hydrogens is 240 g/mol. The molecule has 0 spiro atoms. The second-order valence-corrected chi connectivity index (χ2v) is 4.79. The van der Waals surface area contributed by atoms with Crippen molar-refractivity contribution in [2.24, 2.45) is 5.73 Å². The van der Waals surface area contributed by atoms with E-state index in [2.05, 4.69) is 24.1 Å². The van der Waals surface area contributed by atoms with Crippen LogP contribution in [0.15, 0.2) is 12.3 Å². The van der Waals surface area contributed by atoms with E-state index in [0.717, 1.165) is 32.1 Å². The van der Waals surface area contributed by atoms with Crippen LogP contribution in [0.2, 0.25) is 0 Å². The number of rotatable bonds is 8. The first-order valence-corrected chi connectivity index (χ1v) is 6.90. The molecule has 1 unspecified atom stereocenters. The molecule has 1 rings (SSSR count). The minimum atomic E-state index is -0.484. The van der Waals surface area contributed by atoms with Crippen LogP contribution >= 0.6 is 0 Å². The summed E-state index contributed by atoms with van der Waals surface area (Å²) in [4.78, 5) is 15.4. The molecule has 0 saturated carbocycles. The lowest BCUT2D eigenvalue weighted by Crippen LogP contribution is -2.23. The smallest absolute Gasteiger partial charge is 0.250 e. The molecule has 5 heteroatoms. The van der Waals surface area contributed by atoms with Gasteiger partial charge in [0.05, 0.1) is 17.4 Å². The molecule has 0 saturated heterocycles. The molecule has 1 aromatic heterocycles. The molecule has 1 amide bonds. The zero-order valence-electron chi connectivity index (χ0n) is 11.8. The summed E-state index contributed by atoms with van der Waals surface area (Å²) in [6, 6.07) is 1.86. The van der Waals surface area contributed by atoms with Crippen LogP contribution in [0.5, 0.6) is 0 Å². The number of unbranched alkanes of at least 4 members (excludes halogenated alkanes) is 1. The molecule has 19 heavy (non-hydrogen) atoms. The van der Waals surface area contributed by atoms with Gasteiger partial charge < -0.3 is 16.8 Å². The highest BCUT2D eigenvalue weighted by atomic mass is 16.1. The molecule has 1 heterocycles. The lowest BCUT2D eigenvalue weighted by molar-refractivity contribution is 0.100. The predicted octanol–water partition coefficient (Wildman–Crippen LogP) is 2.53. The van der Waals surface area contributed by atoms with Crippen molar-refractivity contribution < 1.29 is 4.79 Å². The van der Waals surface area contributed by atoms with Gasteiger partial charge in [0.1, 0.15) is 5.82 Å². The highest BCUT2D eigenvalue weighted by Gasteiger charge is 2.13. The summed E-state index contributed by atoms with van der Waals surface area (Å²) in [5.74, 6) is -0.178. The highest BCUT2D eigenvalue weighted by Crippen LogP contribution is 2.20. The summed E-state index contributed by atoms with van der Waals surface area (Å²) in [5, 5.41) is 3.37. The Balaban J connectivity index is 2.85. The quantitative estimate of drug-likeness (QED) is 0.672. The van der Waals surface area contributed by atoms with Crippen LogP contribution < -0.4 is 16.8 Å². The SMILES string of the molecule is CCCCC(CCC)Nc1cnc(N)cc1C(N)=O. The molecule has 0 aliphatic rings. The van der Waals surface area contributed by atoms with Gasteiger partial charge in [-0.25, -0.2) is 4.98 Å². The summed E-state index contributed by atoms with van der Waals surface area (Å²) in [7, 11) is 0. The van der Waals surface area contributed by atoms with Gasteiger partial charge in [-0.2, -0.15) is 0 Å². The van der Waals surface area contributed by atoms with Crippen molar-refractivity contribution in [3.05, 3.63) is 17.8 Å². The van der Waals surface area contributed by atoms with Crippen molar-refractivity contribution in [3.63, 3.8) is 0 Å². The molecular formula is C14H24N4O. The lowest BCUT2D eigenvalue weighted by atomic mass is 10.0. The normalized spacial score (nSPS) is 12.1. The van der Waals surface area contributed by atoms with Crippen LogP contribution in [0.1, 0.15) is 56.3 Å². The van der Waals surface area contributed by atoms with E-state index in [1.807, 2.05) is 0 Å². The molecule has 1 aromatic rings. The number of nitrogens with two attached hydrogens (primary N) is 2. The Labute approximate surface area is 114 Å². The van der Waals surface area contributed by atoms with Gasteiger partial charge in [-0.3, -0.25) is 4.79 Å². The number of pyridine rings is 1. The number of carbonyl (C=O) groups excluding carboxylic acids is 1. The summed E-state index contributed by atoms with van der Waals surface area (Å²) < 4.78 is 0. The van der Waals surface area contributed by atoms with Gasteiger partial charge in [0, 0.05) is 6.04 Å². The largest absolute Gasteiger partial charge is 0.384 e. The minimum absolute atomic E-state index is 0.306. The van der Waals surface area contributed by atoms with Gasteiger partial charge >= 0.3 is 0 Å². The second kappa shape index (κ2) is 7.61. The van der Waals surface area contributed by atoms with E-state index in [4.69, 9.17) is 11.5 Å². The van der Waals surface area contributed by atoms with E-state index in [1.165, 1.54) is 6.07 Å². The minimum Gasteiger partial charge on any atom is -0.384 e. The Hall–Kier alpha value is -1.78. The van der Waals surface area contributed by atoms with Crippen molar-refractivity contribution in [1.82, 2.24) is 4.98 Å². The van der Waals surface area contributed by atoms with Crippen molar-refractivity contribution >= 4 is 17.4 Å². The molecule has 0 radical (unpaired) electrons. The average Bonchev–Trinajstić information content (AvgIpc) is 2.38. The van der Waals surface area contributed by atoms with Gasteiger partial charge in [0.25, 0.3) is 5.91 Å². The number of anilines is 2. The van der Waals surface area contributed by atoms with E-state index in [-0.39, 0.29) is 0 Å². The Kier molecular flexibility index (Phi) is 6.12. The van der Waals surface area contributed by atoms with E-state index < -0.39 is 5.91 Å². The number of aromatic nitrogens is 1. The van der Waals surface area contributed by atoms with Crippen LogP contribution in [-0.4, -0.2) is 16.9 Å².